The lowest BCUT2D eigenvalue weighted by Gasteiger charge is -2.17. The van der Waals surface area contributed by atoms with E-state index >= 15 is 0 Å². The van der Waals surface area contributed by atoms with Crippen LogP contribution in [0.3, 0.4) is 0 Å². The number of rotatable bonds is 6. The van der Waals surface area contributed by atoms with Crippen molar-refractivity contribution in [1.82, 2.24) is 14.9 Å². The predicted molar refractivity (Wildman–Crippen MR) is 122 cm³/mol. The van der Waals surface area contributed by atoms with Crippen LogP contribution in [0.4, 0.5) is 5.69 Å². The number of fused-ring (bicyclic) bond motifs is 3. The summed E-state index contributed by atoms with van der Waals surface area (Å²) in [6.07, 6.45) is 6.16. The molecule has 1 N–H and O–H groups in total. The molecule has 3 aromatic rings. The Morgan fingerprint density at radius 1 is 1.17 bits per heavy atom. The van der Waals surface area contributed by atoms with E-state index in [2.05, 4.69) is 15.3 Å². The van der Waals surface area contributed by atoms with Crippen LogP contribution in [0.15, 0.2) is 35.6 Å². The Kier molecular flexibility index (Phi) is 6.34. The molecule has 30 heavy (non-hydrogen) atoms. The predicted octanol–water partition coefficient (Wildman–Crippen LogP) is 4.07. The third-order valence-corrected chi connectivity index (χ3v) is 7.36. The highest BCUT2D eigenvalue weighted by Crippen LogP contribution is 2.39. The third-order valence-electron chi connectivity index (χ3n) is 5.19. The van der Waals surface area contributed by atoms with Gasteiger partial charge in [0.2, 0.25) is 11.8 Å². The Morgan fingerprint density at radius 2 is 1.93 bits per heavy atom. The molecular weight excluding hydrogens is 416 g/mol. The van der Waals surface area contributed by atoms with Gasteiger partial charge in [0.05, 0.1) is 12.3 Å². The molecule has 1 aliphatic rings. The number of aryl methyl sites for hydroxylation is 3. The number of anilines is 1. The van der Waals surface area contributed by atoms with Crippen molar-refractivity contribution in [2.24, 2.45) is 0 Å². The van der Waals surface area contributed by atoms with Gasteiger partial charge < -0.3 is 10.2 Å². The fourth-order valence-corrected chi connectivity index (χ4v) is 5.81. The molecule has 0 radical (unpaired) electrons. The summed E-state index contributed by atoms with van der Waals surface area (Å²) in [6.45, 7) is 2.01. The van der Waals surface area contributed by atoms with Crippen molar-refractivity contribution in [1.29, 1.82) is 0 Å². The molecule has 2 amide bonds. The highest BCUT2D eigenvalue weighted by Gasteiger charge is 2.21. The molecule has 0 aliphatic heterocycles. The van der Waals surface area contributed by atoms with E-state index in [1.807, 2.05) is 31.2 Å². The van der Waals surface area contributed by atoms with E-state index in [1.54, 1.807) is 24.7 Å². The summed E-state index contributed by atoms with van der Waals surface area (Å²) in [6, 6.07) is 7.58. The average Bonchev–Trinajstić information content (AvgIpc) is 3.12. The van der Waals surface area contributed by atoms with Crippen molar-refractivity contribution < 1.29 is 9.59 Å². The van der Waals surface area contributed by atoms with Crippen LogP contribution in [0.5, 0.6) is 0 Å². The molecule has 1 aromatic carbocycles. The van der Waals surface area contributed by atoms with Crippen molar-refractivity contribution in [3.63, 3.8) is 0 Å². The van der Waals surface area contributed by atoms with E-state index in [0.717, 1.165) is 39.3 Å². The maximum absolute atomic E-state index is 12.6. The summed E-state index contributed by atoms with van der Waals surface area (Å²) in [5.41, 5.74) is 3.22. The molecule has 1 aliphatic carbocycles. The van der Waals surface area contributed by atoms with Crippen LogP contribution in [0.2, 0.25) is 0 Å². The smallest absolute Gasteiger partial charge is 0.243 e. The summed E-state index contributed by atoms with van der Waals surface area (Å²) in [7, 11) is 1.65. The highest BCUT2D eigenvalue weighted by atomic mass is 32.2. The van der Waals surface area contributed by atoms with Gasteiger partial charge >= 0.3 is 0 Å². The first kappa shape index (κ1) is 20.8. The van der Waals surface area contributed by atoms with Crippen molar-refractivity contribution in [2.75, 3.05) is 24.7 Å². The zero-order chi connectivity index (χ0) is 21.1. The van der Waals surface area contributed by atoms with Crippen LogP contribution >= 0.6 is 23.1 Å². The SMILES string of the molecule is Cc1ccc(NC(=O)CN(C)C(=O)CSc2ncnc3sc4c(c23)CCCC4)cc1. The van der Waals surface area contributed by atoms with Crippen LogP contribution in [-0.4, -0.2) is 46.0 Å². The van der Waals surface area contributed by atoms with Crippen LogP contribution in [0, 0.1) is 6.92 Å². The van der Waals surface area contributed by atoms with Gasteiger partial charge in [-0.2, -0.15) is 0 Å². The van der Waals surface area contributed by atoms with Crippen molar-refractivity contribution in [3.8, 4) is 0 Å². The number of nitrogens with zero attached hydrogens (tertiary/aromatic N) is 3. The number of carbonyl (C=O) groups excluding carboxylic acids is 2. The zero-order valence-electron chi connectivity index (χ0n) is 17.1. The number of hydrogen-bond donors (Lipinski definition) is 1. The monoisotopic (exact) mass is 440 g/mol. The molecule has 156 valence electrons. The topological polar surface area (TPSA) is 75.2 Å². The normalized spacial score (nSPS) is 13.1. The number of aromatic nitrogens is 2. The van der Waals surface area contributed by atoms with Crippen molar-refractivity contribution in [2.45, 2.75) is 37.6 Å². The Bertz CT molecular complexity index is 1080. The fourth-order valence-electron chi connectivity index (χ4n) is 3.55. The largest absolute Gasteiger partial charge is 0.336 e. The van der Waals surface area contributed by atoms with Gasteiger partial charge in [0.15, 0.2) is 0 Å². The van der Waals surface area contributed by atoms with Gasteiger partial charge in [-0.3, -0.25) is 9.59 Å². The second-order valence-electron chi connectivity index (χ2n) is 7.52. The van der Waals surface area contributed by atoms with E-state index in [1.165, 1.54) is 39.9 Å². The number of thioether (sulfide) groups is 1. The van der Waals surface area contributed by atoms with Gasteiger partial charge in [0.1, 0.15) is 16.2 Å². The molecule has 0 spiro atoms. The van der Waals surface area contributed by atoms with E-state index in [-0.39, 0.29) is 24.1 Å². The quantitative estimate of drug-likeness (QED) is 0.462. The third kappa shape index (κ3) is 4.65. The fraction of sp³-hybridized carbons (Fsp3) is 0.364. The van der Waals surface area contributed by atoms with E-state index in [4.69, 9.17) is 0 Å². The molecule has 2 heterocycles. The highest BCUT2D eigenvalue weighted by molar-refractivity contribution is 8.00. The van der Waals surface area contributed by atoms with Crippen LogP contribution in [-0.2, 0) is 22.4 Å². The van der Waals surface area contributed by atoms with Gasteiger partial charge in [-0.25, -0.2) is 9.97 Å². The minimum Gasteiger partial charge on any atom is -0.336 e. The summed E-state index contributed by atoms with van der Waals surface area (Å²) in [4.78, 5) is 37.6. The molecule has 0 saturated carbocycles. The van der Waals surface area contributed by atoms with E-state index < -0.39 is 0 Å². The number of likely N-dealkylation sites (N-methyl/N-ethyl adjacent to an activating group) is 1. The standard InChI is InChI=1S/C22H24N4O2S2/c1-14-7-9-15(10-8-14)25-18(27)11-26(2)19(28)12-29-21-20-16-5-3-4-6-17(16)30-22(20)24-13-23-21/h7-10,13H,3-6,11-12H2,1-2H3,(H,25,27). The first-order chi connectivity index (χ1) is 14.5. The Morgan fingerprint density at radius 3 is 2.73 bits per heavy atom. The van der Waals surface area contributed by atoms with E-state index in [9.17, 15) is 9.59 Å². The molecule has 0 fully saturated rings. The molecule has 2 aromatic heterocycles. The first-order valence-corrected chi connectivity index (χ1v) is 11.8. The molecule has 6 nitrogen and oxygen atoms in total. The Balaban J connectivity index is 1.36. The Labute approximate surface area is 184 Å². The molecule has 8 heteroatoms. The van der Waals surface area contributed by atoms with Gasteiger partial charge in [0.25, 0.3) is 0 Å². The summed E-state index contributed by atoms with van der Waals surface area (Å²) in [5.74, 6) is -0.0728. The van der Waals surface area contributed by atoms with E-state index in [0.29, 0.717) is 0 Å². The molecule has 0 unspecified atom stereocenters. The summed E-state index contributed by atoms with van der Waals surface area (Å²) in [5, 5.41) is 4.81. The first-order valence-electron chi connectivity index (χ1n) is 10.00. The number of benzene rings is 1. The van der Waals surface area contributed by atoms with Crippen molar-refractivity contribution in [3.05, 3.63) is 46.6 Å². The van der Waals surface area contributed by atoms with Crippen LogP contribution < -0.4 is 5.32 Å². The van der Waals surface area contributed by atoms with Crippen molar-refractivity contribution >= 4 is 50.8 Å². The molecular formula is C22H24N4O2S2. The lowest BCUT2D eigenvalue weighted by Crippen LogP contribution is -2.35. The number of hydrogen-bond acceptors (Lipinski definition) is 6. The number of carbonyl (C=O) groups is 2. The number of nitrogens with one attached hydrogen (secondary N) is 1. The summed E-state index contributed by atoms with van der Waals surface area (Å²) < 4.78 is 0. The second-order valence-corrected chi connectivity index (χ2v) is 9.57. The second kappa shape index (κ2) is 9.14. The lowest BCUT2D eigenvalue weighted by molar-refractivity contribution is -0.131. The lowest BCUT2D eigenvalue weighted by atomic mass is 9.97. The number of thiophene rings is 1. The maximum Gasteiger partial charge on any atom is 0.243 e. The molecule has 0 saturated heterocycles. The minimum atomic E-state index is -0.212. The van der Waals surface area contributed by atoms with Crippen LogP contribution in [0.1, 0.15) is 28.8 Å². The molecule has 0 bridgehead atoms. The zero-order valence-corrected chi connectivity index (χ0v) is 18.7. The van der Waals surface area contributed by atoms with Gasteiger partial charge in [-0.1, -0.05) is 29.5 Å². The average molecular weight is 441 g/mol. The summed E-state index contributed by atoms with van der Waals surface area (Å²) >= 11 is 3.18. The number of amides is 2. The minimum absolute atomic E-state index is 0.0142. The van der Waals surface area contributed by atoms with Gasteiger partial charge in [0, 0.05) is 23.0 Å². The Hall–Kier alpha value is -2.45. The van der Waals surface area contributed by atoms with Gasteiger partial charge in [-0.05, 0) is 50.3 Å². The van der Waals surface area contributed by atoms with Crippen LogP contribution in [0.25, 0.3) is 10.2 Å². The molecule has 4 rings (SSSR count). The molecule has 0 atom stereocenters. The van der Waals surface area contributed by atoms with Gasteiger partial charge in [-0.15, -0.1) is 11.3 Å². The maximum atomic E-state index is 12.6.